The molecule has 6 heteroatoms. The molecule has 0 bridgehead atoms. The predicted octanol–water partition coefficient (Wildman–Crippen LogP) is 0.995. The van der Waals surface area contributed by atoms with Gasteiger partial charge < -0.3 is 25.4 Å². The van der Waals surface area contributed by atoms with Crippen molar-refractivity contribution in [3.05, 3.63) is 18.2 Å². The largest absolute Gasteiger partial charge is 0.497 e. The average molecular weight is 307 g/mol. The highest BCUT2D eigenvalue weighted by Gasteiger charge is 2.23. The molecule has 1 aliphatic rings. The van der Waals surface area contributed by atoms with Gasteiger partial charge in [-0.05, 0) is 12.3 Å². The van der Waals surface area contributed by atoms with Crippen LogP contribution in [0.5, 0.6) is 11.5 Å². The second-order valence-corrected chi connectivity index (χ2v) is 5.51. The van der Waals surface area contributed by atoms with E-state index >= 15 is 0 Å². The Hall–Kier alpha value is -1.95. The summed E-state index contributed by atoms with van der Waals surface area (Å²) in [7, 11) is 3.30. The maximum atomic E-state index is 11.5. The zero-order valence-corrected chi connectivity index (χ0v) is 13.3. The molecule has 0 aromatic heterocycles. The van der Waals surface area contributed by atoms with E-state index in [0.717, 1.165) is 36.7 Å². The Morgan fingerprint density at radius 3 is 2.59 bits per heavy atom. The highest BCUT2D eigenvalue weighted by atomic mass is 16.5. The van der Waals surface area contributed by atoms with Crippen molar-refractivity contribution in [2.24, 2.45) is 11.7 Å². The van der Waals surface area contributed by atoms with Crippen LogP contribution in [-0.2, 0) is 4.79 Å². The SMILES string of the molecule is COc1cc(OC)cc(N2CCC(CNC(=O)CCN)C2)c1. The van der Waals surface area contributed by atoms with Crippen LogP contribution in [0.1, 0.15) is 12.8 Å². The Bertz CT molecular complexity index is 485. The quantitative estimate of drug-likeness (QED) is 0.786. The van der Waals surface area contributed by atoms with E-state index in [1.54, 1.807) is 14.2 Å². The number of hydrogen-bond acceptors (Lipinski definition) is 5. The molecule has 6 nitrogen and oxygen atoms in total. The fourth-order valence-electron chi connectivity index (χ4n) is 2.69. The van der Waals surface area contributed by atoms with Gasteiger partial charge in [-0.2, -0.15) is 0 Å². The smallest absolute Gasteiger partial charge is 0.221 e. The number of nitrogens with one attached hydrogen (secondary N) is 1. The van der Waals surface area contributed by atoms with Gasteiger partial charge in [-0.25, -0.2) is 0 Å². The molecule has 0 radical (unpaired) electrons. The van der Waals surface area contributed by atoms with Gasteiger partial charge in [-0.3, -0.25) is 4.79 Å². The number of ether oxygens (including phenoxy) is 2. The van der Waals surface area contributed by atoms with Crippen LogP contribution >= 0.6 is 0 Å². The van der Waals surface area contributed by atoms with Crippen molar-refractivity contribution in [3.8, 4) is 11.5 Å². The standard InChI is InChI=1S/C16H25N3O3/c1-21-14-7-13(8-15(9-14)22-2)19-6-4-12(11-19)10-18-16(20)3-5-17/h7-9,12H,3-6,10-11,17H2,1-2H3,(H,18,20). The molecule has 22 heavy (non-hydrogen) atoms. The number of carbonyl (C=O) groups is 1. The Labute approximate surface area is 131 Å². The van der Waals surface area contributed by atoms with Gasteiger partial charge in [0.25, 0.3) is 0 Å². The molecule has 1 aromatic carbocycles. The van der Waals surface area contributed by atoms with Crippen LogP contribution in [-0.4, -0.2) is 46.3 Å². The highest BCUT2D eigenvalue weighted by Crippen LogP contribution is 2.31. The third-order valence-electron chi connectivity index (χ3n) is 3.95. The Kier molecular flexibility index (Phi) is 5.89. The van der Waals surface area contributed by atoms with E-state index in [0.29, 0.717) is 25.4 Å². The van der Waals surface area contributed by atoms with Crippen LogP contribution in [0.3, 0.4) is 0 Å². The normalized spacial score (nSPS) is 17.4. The van der Waals surface area contributed by atoms with Crippen molar-refractivity contribution < 1.29 is 14.3 Å². The van der Waals surface area contributed by atoms with Crippen molar-refractivity contribution in [3.63, 3.8) is 0 Å². The second kappa shape index (κ2) is 7.89. The van der Waals surface area contributed by atoms with E-state index < -0.39 is 0 Å². The summed E-state index contributed by atoms with van der Waals surface area (Å²) < 4.78 is 10.6. The van der Waals surface area contributed by atoms with E-state index in [1.807, 2.05) is 18.2 Å². The maximum Gasteiger partial charge on any atom is 0.221 e. The summed E-state index contributed by atoms with van der Waals surface area (Å²) in [5.41, 5.74) is 6.46. The van der Waals surface area contributed by atoms with Gasteiger partial charge in [0, 0.05) is 56.5 Å². The molecule has 1 atom stereocenters. The van der Waals surface area contributed by atoms with Crippen LogP contribution in [0.15, 0.2) is 18.2 Å². The highest BCUT2D eigenvalue weighted by molar-refractivity contribution is 5.76. The first-order valence-corrected chi connectivity index (χ1v) is 7.61. The first kappa shape index (κ1) is 16.4. The minimum atomic E-state index is 0.0315. The van der Waals surface area contributed by atoms with Gasteiger partial charge in [0.15, 0.2) is 0 Å². The number of anilines is 1. The maximum absolute atomic E-state index is 11.5. The van der Waals surface area contributed by atoms with Gasteiger partial charge in [-0.1, -0.05) is 0 Å². The predicted molar refractivity (Wildman–Crippen MR) is 86.5 cm³/mol. The number of methoxy groups -OCH3 is 2. The Balaban J connectivity index is 1.93. The Morgan fingerprint density at radius 1 is 1.32 bits per heavy atom. The monoisotopic (exact) mass is 307 g/mol. The van der Waals surface area contributed by atoms with Crippen molar-refractivity contribution >= 4 is 11.6 Å². The minimum absolute atomic E-state index is 0.0315. The molecule has 1 unspecified atom stereocenters. The number of hydrogen-bond donors (Lipinski definition) is 2. The van der Waals surface area contributed by atoms with Crippen molar-refractivity contribution in [1.29, 1.82) is 0 Å². The van der Waals surface area contributed by atoms with Crippen LogP contribution < -0.4 is 25.4 Å². The average Bonchev–Trinajstić information content (AvgIpc) is 3.01. The van der Waals surface area contributed by atoms with Gasteiger partial charge in [-0.15, -0.1) is 0 Å². The van der Waals surface area contributed by atoms with Gasteiger partial charge in [0.1, 0.15) is 11.5 Å². The molecule has 0 spiro atoms. The lowest BCUT2D eigenvalue weighted by atomic mass is 10.1. The van der Waals surface area contributed by atoms with Crippen molar-refractivity contribution in [2.45, 2.75) is 12.8 Å². The van der Waals surface area contributed by atoms with E-state index in [1.165, 1.54) is 0 Å². The number of amides is 1. The minimum Gasteiger partial charge on any atom is -0.497 e. The van der Waals surface area contributed by atoms with E-state index in [-0.39, 0.29) is 5.91 Å². The zero-order valence-electron chi connectivity index (χ0n) is 13.3. The van der Waals surface area contributed by atoms with E-state index in [4.69, 9.17) is 15.2 Å². The number of nitrogens with zero attached hydrogens (tertiary/aromatic N) is 1. The van der Waals surface area contributed by atoms with Crippen LogP contribution in [0.2, 0.25) is 0 Å². The molecule has 0 saturated carbocycles. The molecule has 2 rings (SSSR count). The number of carbonyl (C=O) groups excluding carboxylic acids is 1. The lowest BCUT2D eigenvalue weighted by Gasteiger charge is -2.20. The van der Waals surface area contributed by atoms with Gasteiger partial charge in [0.2, 0.25) is 5.91 Å². The van der Waals surface area contributed by atoms with Gasteiger partial charge in [0.05, 0.1) is 14.2 Å². The molecule has 0 aliphatic carbocycles. The molecule has 1 amide bonds. The fraction of sp³-hybridized carbons (Fsp3) is 0.562. The van der Waals surface area contributed by atoms with E-state index in [9.17, 15) is 4.79 Å². The zero-order chi connectivity index (χ0) is 15.9. The van der Waals surface area contributed by atoms with Crippen molar-refractivity contribution in [1.82, 2.24) is 5.32 Å². The topological polar surface area (TPSA) is 76.8 Å². The molecule has 1 heterocycles. The number of benzene rings is 1. The van der Waals surface area contributed by atoms with Crippen molar-refractivity contribution in [2.75, 3.05) is 45.3 Å². The third-order valence-corrected chi connectivity index (χ3v) is 3.95. The summed E-state index contributed by atoms with van der Waals surface area (Å²) in [5.74, 6) is 2.06. The Morgan fingerprint density at radius 2 is 2.00 bits per heavy atom. The first-order chi connectivity index (χ1) is 10.7. The third kappa shape index (κ3) is 4.27. The summed E-state index contributed by atoms with van der Waals surface area (Å²) in [5, 5.41) is 2.95. The number of nitrogens with two attached hydrogens (primary N) is 1. The molecule has 1 aliphatic heterocycles. The lowest BCUT2D eigenvalue weighted by molar-refractivity contribution is -0.121. The summed E-state index contributed by atoms with van der Waals surface area (Å²) in [6.45, 7) is 2.98. The lowest BCUT2D eigenvalue weighted by Crippen LogP contribution is -2.32. The molecule has 1 fully saturated rings. The molecule has 1 aromatic rings. The summed E-state index contributed by atoms with van der Waals surface area (Å²) in [4.78, 5) is 13.8. The van der Waals surface area contributed by atoms with Crippen LogP contribution in [0.25, 0.3) is 0 Å². The fourth-order valence-corrected chi connectivity index (χ4v) is 2.69. The van der Waals surface area contributed by atoms with Gasteiger partial charge >= 0.3 is 0 Å². The summed E-state index contributed by atoms with van der Waals surface area (Å²) >= 11 is 0. The van der Waals surface area contributed by atoms with Crippen LogP contribution in [0, 0.1) is 5.92 Å². The van der Waals surface area contributed by atoms with Crippen LogP contribution in [0.4, 0.5) is 5.69 Å². The molecule has 122 valence electrons. The summed E-state index contributed by atoms with van der Waals surface area (Å²) in [6.07, 6.45) is 1.45. The van der Waals surface area contributed by atoms with E-state index in [2.05, 4.69) is 10.2 Å². The molecule has 3 N–H and O–H groups in total. The summed E-state index contributed by atoms with van der Waals surface area (Å²) in [6, 6.07) is 5.89. The molecule has 1 saturated heterocycles. The first-order valence-electron chi connectivity index (χ1n) is 7.61. The number of rotatable bonds is 7. The molecular weight excluding hydrogens is 282 g/mol. The second-order valence-electron chi connectivity index (χ2n) is 5.51. The molecular formula is C16H25N3O3.